The molecule has 1 unspecified atom stereocenters. The van der Waals surface area contributed by atoms with Crippen molar-refractivity contribution in [1.82, 2.24) is 10.6 Å². The number of aldehydes is 1. The van der Waals surface area contributed by atoms with Crippen molar-refractivity contribution >= 4 is 41.8 Å². The zero-order valence-corrected chi connectivity index (χ0v) is 32.9. The number of aliphatic hydroxyl groups is 4. The van der Waals surface area contributed by atoms with Gasteiger partial charge in [-0.3, -0.25) is 14.6 Å². The smallest absolute Gasteiger partial charge is 0.335 e. The topological polar surface area (TPSA) is 263 Å². The van der Waals surface area contributed by atoms with E-state index < -0.39 is 54.2 Å². The molecule has 0 aliphatic carbocycles. The van der Waals surface area contributed by atoms with E-state index >= 15 is 0 Å². The maximum absolute atomic E-state index is 12.7. The molecule has 10 N–H and O–H groups in total. The molecule has 3 aromatic rings. The number of carboxylic acids is 1. The summed E-state index contributed by atoms with van der Waals surface area (Å²) in [6.45, 7) is 0.883. The molecule has 0 bridgehead atoms. The number of phenolic OH excluding ortho intramolecular Hbond substituents is 1. The molecule has 3 aliphatic heterocycles. The highest BCUT2D eigenvalue weighted by atomic mass is 16.7. The van der Waals surface area contributed by atoms with Gasteiger partial charge in [-0.2, -0.15) is 0 Å². The van der Waals surface area contributed by atoms with E-state index in [2.05, 4.69) is 21.7 Å². The van der Waals surface area contributed by atoms with E-state index in [1.807, 2.05) is 55.7 Å². The van der Waals surface area contributed by atoms with Crippen molar-refractivity contribution in [3.05, 3.63) is 107 Å². The summed E-state index contributed by atoms with van der Waals surface area (Å²) in [5.41, 5.74) is 2.27. The van der Waals surface area contributed by atoms with Crippen LogP contribution >= 0.6 is 0 Å². The van der Waals surface area contributed by atoms with Gasteiger partial charge in [-0.05, 0) is 92.2 Å². The maximum atomic E-state index is 12.7. The number of primary amides is 1. The number of aliphatic carboxylic acids is 1. The average Bonchev–Trinajstić information content (AvgIpc) is 3.76. The molecule has 3 heterocycles. The first-order valence-electron chi connectivity index (χ1n) is 19.5. The molecule has 0 aromatic heterocycles. The molecule has 0 radical (unpaired) electrons. The lowest BCUT2D eigenvalue weighted by molar-refractivity contribution is -0.334. The van der Waals surface area contributed by atoms with Crippen molar-refractivity contribution in [2.75, 3.05) is 33.2 Å². The third-order valence-electron chi connectivity index (χ3n) is 11.2. The Morgan fingerprint density at radius 2 is 1.82 bits per heavy atom. The van der Waals surface area contributed by atoms with Gasteiger partial charge in [0.15, 0.2) is 23.6 Å². The number of nitrogens with one attached hydrogen (secondary N) is 2. The van der Waals surface area contributed by atoms with Crippen LogP contribution in [0.5, 0.6) is 17.2 Å². The van der Waals surface area contributed by atoms with Gasteiger partial charge in [-0.1, -0.05) is 60.7 Å². The van der Waals surface area contributed by atoms with Crippen LogP contribution in [0.15, 0.2) is 95.5 Å². The van der Waals surface area contributed by atoms with Gasteiger partial charge >= 0.3 is 5.97 Å². The van der Waals surface area contributed by atoms with Crippen molar-refractivity contribution in [3.8, 4) is 17.2 Å². The number of allylic oxidation sites excluding steroid dienone is 2. The number of rotatable bonds is 19. The van der Waals surface area contributed by atoms with Crippen LogP contribution in [0.4, 0.5) is 0 Å². The van der Waals surface area contributed by atoms with Crippen molar-refractivity contribution in [2.45, 2.75) is 55.1 Å². The predicted octanol–water partition coefficient (Wildman–Crippen LogP) is 2.21. The van der Waals surface area contributed by atoms with E-state index in [0.29, 0.717) is 31.5 Å². The normalized spacial score (nSPS) is 25.9. The zero-order chi connectivity index (χ0) is 43.0. The van der Waals surface area contributed by atoms with Gasteiger partial charge in [0.2, 0.25) is 12.4 Å². The van der Waals surface area contributed by atoms with Gasteiger partial charge in [0.1, 0.15) is 29.1 Å². The standard InChI is InChI=1S/C44H50N4O12/c1-46-18-17-28(9-5-8-26-6-3-2-4-7-26)30(20-27-16-19-47-22-27)23-48-24-43(56)42(60-38(41(54)55)39(52)44(43,57)25-49)58-32-14-15-33-34(21-32)59-37(40(45)53)35(36(33)51)29-10-12-31(50)13-11-29/h2-8,10-16,21-22,25,28,30,37-39,42,46,48,50-52,56-57H,9,17-20,23-24H2,1H3,(H2,45,53)(H,54,55)/b8-5+/t28-,30-,37?,38-,39+,42+,43-,44-/m0/s1. The minimum Gasteiger partial charge on any atom is -0.508 e. The molecule has 1 fully saturated rings. The van der Waals surface area contributed by atoms with E-state index in [9.17, 15) is 45.0 Å². The van der Waals surface area contributed by atoms with Crippen LogP contribution in [-0.4, -0.2) is 124 Å². The number of hydrogen-bond acceptors (Lipinski definition) is 14. The molecule has 3 aliphatic rings. The number of benzene rings is 3. The second kappa shape index (κ2) is 19.0. The van der Waals surface area contributed by atoms with E-state index in [-0.39, 0.29) is 58.8 Å². The molecular formula is C44H50N4O12. The number of amides is 1. The summed E-state index contributed by atoms with van der Waals surface area (Å²) in [5, 5.41) is 72.6. The molecule has 60 heavy (non-hydrogen) atoms. The lowest BCUT2D eigenvalue weighted by Gasteiger charge is -2.51. The summed E-state index contributed by atoms with van der Waals surface area (Å²) in [6.07, 6.45) is 1.71. The van der Waals surface area contributed by atoms with Crippen molar-refractivity contribution in [2.24, 2.45) is 22.6 Å². The second-order valence-corrected chi connectivity index (χ2v) is 15.1. The first-order valence-corrected chi connectivity index (χ1v) is 19.5. The van der Waals surface area contributed by atoms with Gasteiger partial charge in [0.25, 0.3) is 5.91 Å². The highest BCUT2D eigenvalue weighted by Gasteiger charge is 2.67. The van der Waals surface area contributed by atoms with Gasteiger partial charge in [-0.25, -0.2) is 4.79 Å². The third kappa shape index (κ3) is 9.28. The number of carbonyl (C=O) groups is 3. The molecule has 0 spiro atoms. The molecule has 6 rings (SSSR count). The molecule has 16 heteroatoms. The van der Waals surface area contributed by atoms with Crippen LogP contribution in [0, 0.1) is 11.8 Å². The summed E-state index contributed by atoms with van der Waals surface area (Å²) in [4.78, 5) is 41.9. The lowest BCUT2D eigenvalue weighted by Crippen LogP contribution is -2.79. The number of aromatic hydroxyl groups is 1. The highest BCUT2D eigenvalue weighted by molar-refractivity contribution is 6.03. The van der Waals surface area contributed by atoms with Gasteiger partial charge in [0.05, 0.1) is 17.7 Å². The van der Waals surface area contributed by atoms with E-state index in [1.165, 1.54) is 42.5 Å². The fraction of sp³-hybridized carbons (Fsp3) is 0.364. The lowest BCUT2D eigenvalue weighted by atomic mass is 9.74. The number of aliphatic hydroxyl groups excluding tert-OH is 2. The number of nitrogens with zero attached hydrogens (tertiary/aromatic N) is 1. The second-order valence-electron chi connectivity index (χ2n) is 15.1. The monoisotopic (exact) mass is 826 g/mol. The summed E-state index contributed by atoms with van der Waals surface area (Å²) < 4.78 is 17.6. The average molecular weight is 827 g/mol. The predicted molar refractivity (Wildman–Crippen MR) is 221 cm³/mol. The Kier molecular flexibility index (Phi) is 13.8. The number of aliphatic imine (C=N–C) groups is 1. The van der Waals surface area contributed by atoms with Crippen LogP contribution in [0.1, 0.15) is 36.0 Å². The molecule has 3 aromatic carbocycles. The van der Waals surface area contributed by atoms with E-state index in [1.54, 1.807) is 0 Å². The first-order chi connectivity index (χ1) is 28.8. The fourth-order valence-corrected chi connectivity index (χ4v) is 7.79. The number of carbonyl (C=O) groups excluding carboxylic acids is 2. The number of fused-ring (bicyclic) bond motifs is 1. The Morgan fingerprint density at radius 3 is 2.47 bits per heavy atom. The summed E-state index contributed by atoms with van der Waals surface area (Å²) in [6, 6.07) is 19.4. The van der Waals surface area contributed by atoms with Crippen LogP contribution in [0.3, 0.4) is 0 Å². The Labute approximate surface area is 346 Å². The zero-order valence-electron chi connectivity index (χ0n) is 32.9. The Bertz CT molecular complexity index is 2140. The van der Waals surface area contributed by atoms with Crippen molar-refractivity contribution in [1.29, 1.82) is 0 Å². The minimum atomic E-state index is -3.13. The van der Waals surface area contributed by atoms with Crippen molar-refractivity contribution < 1.29 is 59.2 Å². The van der Waals surface area contributed by atoms with Gasteiger partial charge < -0.3 is 61.2 Å². The minimum absolute atomic E-state index is 0.0318. The van der Waals surface area contributed by atoms with Gasteiger partial charge in [0, 0.05) is 18.8 Å². The fourth-order valence-electron chi connectivity index (χ4n) is 7.79. The van der Waals surface area contributed by atoms with Gasteiger partial charge in [-0.15, -0.1) is 0 Å². The quantitative estimate of drug-likeness (QED) is 0.0786. The molecule has 8 atom stereocenters. The Morgan fingerprint density at radius 1 is 1.07 bits per heavy atom. The number of ether oxygens (including phenoxy) is 3. The Balaban J connectivity index is 1.29. The molecule has 1 saturated heterocycles. The molecule has 16 nitrogen and oxygen atoms in total. The summed E-state index contributed by atoms with van der Waals surface area (Å²) in [7, 11) is 1.87. The largest absolute Gasteiger partial charge is 0.508 e. The highest BCUT2D eigenvalue weighted by Crippen LogP contribution is 2.43. The van der Waals surface area contributed by atoms with Crippen LogP contribution in [-0.2, 0) is 19.1 Å². The van der Waals surface area contributed by atoms with Crippen LogP contribution in [0.25, 0.3) is 17.4 Å². The number of nitrogens with two attached hydrogens (primary N) is 1. The van der Waals surface area contributed by atoms with E-state index in [0.717, 1.165) is 17.6 Å². The number of phenols is 1. The van der Waals surface area contributed by atoms with Crippen LogP contribution in [0.2, 0.25) is 0 Å². The maximum Gasteiger partial charge on any atom is 0.335 e. The number of hydrogen-bond donors (Lipinski definition) is 9. The first kappa shape index (κ1) is 43.7. The molecule has 0 saturated carbocycles. The summed E-state index contributed by atoms with van der Waals surface area (Å²) >= 11 is 0. The molecule has 318 valence electrons. The number of carboxylic acid groups (broad SMARTS) is 1. The SMILES string of the molecule is CNCC[C@H](C/C=C/c1ccccc1)[C@H](CNC[C@]1(O)[C@H](Oc2ccc3c(c2)OC(C(N)=O)C(c2ccc(O)cc2)=C3O)O[C@H](C(=O)O)[C@@H](O)[C@@]1(O)C=O)CC1=CCN=C1. The summed E-state index contributed by atoms with van der Waals surface area (Å²) in [5.74, 6) is -3.37. The van der Waals surface area contributed by atoms with Crippen molar-refractivity contribution in [3.63, 3.8) is 0 Å². The van der Waals surface area contributed by atoms with Crippen LogP contribution < -0.4 is 25.8 Å². The molecular weight excluding hydrogens is 777 g/mol. The third-order valence-corrected chi connectivity index (χ3v) is 11.2. The molecule has 1 amide bonds. The van der Waals surface area contributed by atoms with E-state index in [4.69, 9.17) is 19.9 Å². The Hall–Kier alpha value is -5.88.